The molecule has 0 unspecified atom stereocenters. The van der Waals surface area contributed by atoms with Crippen LogP contribution in [0.5, 0.6) is 0 Å². The summed E-state index contributed by atoms with van der Waals surface area (Å²) in [4.78, 5) is 35.1. The largest absolute Gasteiger partial charge is 0.435 e. The van der Waals surface area contributed by atoms with Gasteiger partial charge >= 0.3 is 6.18 Å². The Labute approximate surface area is 195 Å². The maximum absolute atomic E-state index is 13.5. The molecule has 2 amide bonds. The van der Waals surface area contributed by atoms with Crippen LogP contribution < -0.4 is 10.6 Å². The molecular formula is C22H19F3N6O2S. The highest BCUT2D eigenvalue weighted by Crippen LogP contribution is 2.35. The summed E-state index contributed by atoms with van der Waals surface area (Å²) in [5.74, 6) is -1.23. The third kappa shape index (κ3) is 4.49. The van der Waals surface area contributed by atoms with Gasteiger partial charge in [-0.3, -0.25) is 9.59 Å². The quantitative estimate of drug-likeness (QED) is 0.428. The lowest BCUT2D eigenvalue weighted by Crippen LogP contribution is -2.30. The second-order valence-corrected chi connectivity index (χ2v) is 8.71. The van der Waals surface area contributed by atoms with E-state index in [1.165, 1.54) is 6.20 Å². The Morgan fingerprint density at radius 2 is 1.79 bits per heavy atom. The van der Waals surface area contributed by atoms with E-state index in [2.05, 4.69) is 25.7 Å². The summed E-state index contributed by atoms with van der Waals surface area (Å²) in [5.41, 5.74) is -0.934. The van der Waals surface area contributed by atoms with Crippen LogP contribution in [0.3, 0.4) is 0 Å². The summed E-state index contributed by atoms with van der Waals surface area (Å²) in [6.45, 7) is 5.22. The zero-order chi connectivity index (χ0) is 24.6. The minimum Gasteiger partial charge on any atom is -0.349 e. The Hall–Kier alpha value is -3.80. The minimum atomic E-state index is -4.77. The van der Waals surface area contributed by atoms with Crippen molar-refractivity contribution in [2.75, 3.05) is 5.32 Å². The van der Waals surface area contributed by atoms with Crippen LogP contribution in [0.25, 0.3) is 16.0 Å². The number of hydrogen-bond acceptors (Lipinski definition) is 6. The Balaban J connectivity index is 1.82. The first-order valence-electron chi connectivity index (χ1n) is 10.1. The Morgan fingerprint density at radius 3 is 2.47 bits per heavy atom. The summed E-state index contributed by atoms with van der Waals surface area (Å²) in [7, 11) is 0. The Bertz CT molecular complexity index is 1390. The van der Waals surface area contributed by atoms with Gasteiger partial charge in [-0.05, 0) is 44.5 Å². The first kappa shape index (κ1) is 23.4. The van der Waals surface area contributed by atoms with Crippen molar-refractivity contribution >= 4 is 39.1 Å². The molecule has 0 bridgehead atoms. The summed E-state index contributed by atoms with van der Waals surface area (Å²) in [5, 5.41) is 9.46. The molecule has 176 valence electrons. The van der Waals surface area contributed by atoms with Gasteiger partial charge in [0, 0.05) is 29.9 Å². The number of halogens is 3. The van der Waals surface area contributed by atoms with Gasteiger partial charge in [0.1, 0.15) is 15.4 Å². The molecule has 4 aromatic rings. The number of pyridine rings is 2. The molecule has 8 nitrogen and oxygen atoms in total. The van der Waals surface area contributed by atoms with Gasteiger partial charge in [0.05, 0.1) is 5.69 Å². The first-order valence-corrected chi connectivity index (χ1v) is 11.0. The van der Waals surface area contributed by atoms with Gasteiger partial charge in [0.15, 0.2) is 11.5 Å². The second-order valence-electron chi connectivity index (χ2n) is 7.71. The third-order valence-electron chi connectivity index (χ3n) is 4.75. The van der Waals surface area contributed by atoms with E-state index >= 15 is 0 Å². The van der Waals surface area contributed by atoms with Crippen LogP contribution in [0.1, 0.15) is 45.3 Å². The average molecular weight is 488 g/mol. The number of aromatic nitrogens is 4. The van der Waals surface area contributed by atoms with Gasteiger partial charge < -0.3 is 10.6 Å². The van der Waals surface area contributed by atoms with Gasteiger partial charge in [-0.15, -0.1) is 11.3 Å². The van der Waals surface area contributed by atoms with Crippen LogP contribution in [0.2, 0.25) is 0 Å². The molecule has 4 rings (SSSR count). The predicted molar refractivity (Wildman–Crippen MR) is 121 cm³/mol. The van der Waals surface area contributed by atoms with Crippen molar-refractivity contribution in [2.24, 2.45) is 0 Å². The summed E-state index contributed by atoms with van der Waals surface area (Å²) in [6, 6.07) is 7.06. The Morgan fingerprint density at radius 1 is 1.09 bits per heavy atom. The predicted octanol–water partition coefficient (Wildman–Crippen LogP) is 4.59. The number of anilines is 1. The van der Waals surface area contributed by atoms with Gasteiger partial charge in [0.25, 0.3) is 11.8 Å². The topological polar surface area (TPSA) is 102 Å². The monoisotopic (exact) mass is 488 g/mol. The molecular weight excluding hydrogens is 469 g/mol. The number of nitrogens with one attached hydrogen (secondary N) is 2. The number of alkyl halides is 3. The van der Waals surface area contributed by atoms with Crippen molar-refractivity contribution in [1.29, 1.82) is 0 Å². The molecule has 4 aromatic heterocycles. The number of thiophene rings is 1. The van der Waals surface area contributed by atoms with Crippen LogP contribution in [0, 0.1) is 6.92 Å². The van der Waals surface area contributed by atoms with E-state index in [0.29, 0.717) is 21.8 Å². The van der Waals surface area contributed by atoms with Crippen molar-refractivity contribution in [3.8, 4) is 5.82 Å². The molecule has 0 aliphatic heterocycles. The van der Waals surface area contributed by atoms with E-state index in [-0.39, 0.29) is 28.1 Å². The van der Waals surface area contributed by atoms with Crippen LogP contribution in [0.15, 0.2) is 42.7 Å². The molecule has 0 spiro atoms. The normalized spacial score (nSPS) is 11.7. The smallest absolute Gasteiger partial charge is 0.349 e. The molecule has 12 heteroatoms. The van der Waals surface area contributed by atoms with Crippen LogP contribution in [-0.2, 0) is 6.18 Å². The lowest BCUT2D eigenvalue weighted by atomic mass is 10.2. The molecule has 0 radical (unpaired) electrons. The van der Waals surface area contributed by atoms with Crippen LogP contribution >= 0.6 is 11.3 Å². The standard InChI is InChI=1S/C22H19F3N6O2S/c1-11(2)28-20(33)17-16(13-7-5-9-27-21(13)34-17)29-19(32)14-10-15(22(23,24)25)30-31(14)18-12(3)6-4-8-26-18/h4-11H,1-3H3,(H,28,33)(H,29,32). The third-order valence-corrected chi connectivity index (χ3v) is 5.86. The van der Waals surface area contributed by atoms with Gasteiger partial charge in [-0.25, -0.2) is 14.6 Å². The molecule has 4 heterocycles. The molecule has 0 aromatic carbocycles. The van der Waals surface area contributed by atoms with E-state index in [0.717, 1.165) is 16.0 Å². The number of nitrogens with zero attached hydrogens (tertiary/aromatic N) is 4. The van der Waals surface area contributed by atoms with Crippen molar-refractivity contribution in [1.82, 2.24) is 25.1 Å². The van der Waals surface area contributed by atoms with E-state index in [4.69, 9.17) is 0 Å². The number of carbonyl (C=O) groups excluding carboxylic acids is 2. The van der Waals surface area contributed by atoms with Gasteiger partial charge in [0.2, 0.25) is 0 Å². The SMILES string of the molecule is Cc1cccnc1-n1nc(C(F)(F)F)cc1C(=O)Nc1c(C(=O)NC(C)C)sc2ncccc12. The first-order chi connectivity index (χ1) is 16.1. The van der Waals surface area contributed by atoms with Crippen molar-refractivity contribution < 1.29 is 22.8 Å². The molecule has 0 aliphatic rings. The fourth-order valence-corrected chi connectivity index (χ4v) is 4.27. The number of hydrogen-bond donors (Lipinski definition) is 2. The molecule has 0 aliphatic carbocycles. The number of carbonyl (C=O) groups is 2. The maximum Gasteiger partial charge on any atom is 0.435 e. The summed E-state index contributed by atoms with van der Waals surface area (Å²) >= 11 is 1.07. The molecule has 0 fully saturated rings. The van der Waals surface area contributed by atoms with E-state index in [9.17, 15) is 22.8 Å². The van der Waals surface area contributed by atoms with Crippen molar-refractivity contribution in [2.45, 2.75) is 33.0 Å². The fourth-order valence-electron chi connectivity index (χ4n) is 3.26. The van der Waals surface area contributed by atoms with Gasteiger partial charge in [-0.1, -0.05) is 6.07 Å². The zero-order valence-electron chi connectivity index (χ0n) is 18.3. The molecule has 2 N–H and O–H groups in total. The number of aryl methyl sites for hydroxylation is 1. The fraction of sp³-hybridized carbons (Fsp3) is 0.227. The van der Waals surface area contributed by atoms with Crippen LogP contribution in [0.4, 0.5) is 18.9 Å². The highest BCUT2D eigenvalue weighted by Gasteiger charge is 2.37. The summed E-state index contributed by atoms with van der Waals surface area (Å²) < 4.78 is 41.2. The second kappa shape index (κ2) is 8.86. The lowest BCUT2D eigenvalue weighted by Gasteiger charge is -2.11. The highest BCUT2D eigenvalue weighted by atomic mass is 32.1. The van der Waals surface area contributed by atoms with E-state index in [1.807, 2.05) is 0 Å². The molecule has 0 saturated carbocycles. The number of rotatable bonds is 5. The van der Waals surface area contributed by atoms with Gasteiger partial charge in [-0.2, -0.15) is 18.3 Å². The average Bonchev–Trinajstić information content (AvgIpc) is 3.36. The lowest BCUT2D eigenvalue weighted by molar-refractivity contribution is -0.141. The van der Waals surface area contributed by atoms with Crippen LogP contribution in [-0.4, -0.2) is 37.6 Å². The number of amides is 2. The zero-order valence-corrected chi connectivity index (χ0v) is 19.1. The van der Waals surface area contributed by atoms with E-state index < -0.39 is 23.7 Å². The maximum atomic E-state index is 13.5. The van der Waals surface area contributed by atoms with Crippen molar-refractivity contribution in [3.63, 3.8) is 0 Å². The Kier molecular flexibility index (Phi) is 6.09. The van der Waals surface area contributed by atoms with E-state index in [1.54, 1.807) is 51.2 Å². The molecule has 0 saturated heterocycles. The highest BCUT2D eigenvalue weighted by molar-refractivity contribution is 7.21. The summed E-state index contributed by atoms with van der Waals surface area (Å²) in [6.07, 6.45) is -1.83. The molecule has 0 atom stereocenters. The number of fused-ring (bicyclic) bond motifs is 1. The van der Waals surface area contributed by atoms with Crippen molar-refractivity contribution in [3.05, 3.63) is 64.6 Å². The minimum absolute atomic E-state index is 0.0813. The molecule has 34 heavy (non-hydrogen) atoms.